The summed E-state index contributed by atoms with van der Waals surface area (Å²) in [5.41, 5.74) is 1.09. The molecule has 0 aromatic carbocycles. The molecule has 0 aliphatic heterocycles. The normalized spacial score (nSPS) is 10.8. The Hall–Kier alpha value is -1.95. The number of hydrogen-bond acceptors (Lipinski definition) is 5. The van der Waals surface area contributed by atoms with E-state index >= 15 is 0 Å². The van der Waals surface area contributed by atoms with Gasteiger partial charge in [0.2, 0.25) is 5.89 Å². The van der Waals surface area contributed by atoms with Crippen molar-refractivity contribution < 1.29 is 4.42 Å². The second kappa shape index (κ2) is 5.59. The van der Waals surface area contributed by atoms with Gasteiger partial charge in [0.15, 0.2) is 5.43 Å². The summed E-state index contributed by atoms with van der Waals surface area (Å²) in [6, 6.07) is 1.51. The van der Waals surface area contributed by atoms with Crippen LogP contribution in [-0.4, -0.2) is 28.3 Å². The Morgan fingerprint density at radius 3 is 3.00 bits per heavy atom. The first-order valence-electron chi connectivity index (χ1n) is 5.93. The van der Waals surface area contributed by atoms with Gasteiger partial charge in [0.25, 0.3) is 5.89 Å². The van der Waals surface area contributed by atoms with Crippen molar-refractivity contribution in [2.24, 2.45) is 0 Å². The van der Waals surface area contributed by atoms with E-state index in [4.69, 9.17) is 4.42 Å². The molecule has 0 spiro atoms. The molecule has 2 heterocycles. The SMILES string of the molecule is CCNCCc1nnc(-c2c[nH]c(C)cc2=O)o1. The van der Waals surface area contributed by atoms with Gasteiger partial charge in [-0.15, -0.1) is 10.2 Å². The molecule has 0 bridgehead atoms. The fourth-order valence-electron chi connectivity index (χ4n) is 1.58. The maximum absolute atomic E-state index is 11.7. The summed E-state index contributed by atoms with van der Waals surface area (Å²) in [7, 11) is 0. The zero-order valence-corrected chi connectivity index (χ0v) is 10.5. The minimum absolute atomic E-state index is 0.117. The molecular formula is C12H16N4O2. The monoisotopic (exact) mass is 248 g/mol. The van der Waals surface area contributed by atoms with Gasteiger partial charge in [-0.2, -0.15) is 0 Å². The Kier molecular flexibility index (Phi) is 3.88. The molecule has 2 N–H and O–H groups in total. The number of H-pyrrole nitrogens is 1. The van der Waals surface area contributed by atoms with E-state index in [1.165, 1.54) is 6.07 Å². The zero-order chi connectivity index (χ0) is 13.0. The highest BCUT2D eigenvalue weighted by Crippen LogP contribution is 2.12. The molecule has 2 rings (SSSR count). The van der Waals surface area contributed by atoms with E-state index in [1.54, 1.807) is 6.20 Å². The molecule has 0 atom stereocenters. The van der Waals surface area contributed by atoms with Gasteiger partial charge >= 0.3 is 0 Å². The van der Waals surface area contributed by atoms with Crippen LogP contribution in [-0.2, 0) is 6.42 Å². The molecule has 0 amide bonds. The summed E-state index contributed by atoms with van der Waals surface area (Å²) in [5.74, 6) is 0.800. The third-order valence-electron chi connectivity index (χ3n) is 2.52. The van der Waals surface area contributed by atoms with Crippen molar-refractivity contribution in [2.75, 3.05) is 13.1 Å². The Morgan fingerprint density at radius 2 is 2.28 bits per heavy atom. The van der Waals surface area contributed by atoms with Gasteiger partial charge in [0.1, 0.15) is 5.56 Å². The predicted molar refractivity (Wildman–Crippen MR) is 67.3 cm³/mol. The van der Waals surface area contributed by atoms with E-state index in [0.29, 0.717) is 17.9 Å². The highest BCUT2D eigenvalue weighted by Gasteiger charge is 2.11. The molecular weight excluding hydrogens is 232 g/mol. The first-order valence-corrected chi connectivity index (χ1v) is 5.93. The van der Waals surface area contributed by atoms with Gasteiger partial charge in [0, 0.05) is 30.9 Å². The molecule has 18 heavy (non-hydrogen) atoms. The van der Waals surface area contributed by atoms with Crippen LogP contribution in [0.25, 0.3) is 11.5 Å². The van der Waals surface area contributed by atoms with Crippen LogP contribution in [0, 0.1) is 6.92 Å². The van der Waals surface area contributed by atoms with Crippen molar-refractivity contribution in [3.8, 4) is 11.5 Å². The molecule has 6 nitrogen and oxygen atoms in total. The molecule has 0 saturated carbocycles. The molecule has 0 saturated heterocycles. The maximum atomic E-state index is 11.7. The number of aromatic nitrogens is 3. The number of aryl methyl sites for hydroxylation is 1. The lowest BCUT2D eigenvalue weighted by Gasteiger charge is -1.97. The van der Waals surface area contributed by atoms with Crippen molar-refractivity contribution in [3.05, 3.63) is 34.1 Å². The largest absolute Gasteiger partial charge is 0.420 e. The first kappa shape index (κ1) is 12.5. The fourth-order valence-corrected chi connectivity index (χ4v) is 1.58. The van der Waals surface area contributed by atoms with Crippen molar-refractivity contribution >= 4 is 0 Å². The van der Waals surface area contributed by atoms with Crippen LogP contribution in [0.2, 0.25) is 0 Å². The van der Waals surface area contributed by atoms with Gasteiger partial charge in [0.05, 0.1) is 0 Å². The molecule has 0 radical (unpaired) electrons. The zero-order valence-electron chi connectivity index (χ0n) is 10.5. The topological polar surface area (TPSA) is 83.8 Å². The number of nitrogens with zero attached hydrogens (tertiary/aromatic N) is 2. The van der Waals surface area contributed by atoms with Crippen LogP contribution in [0.3, 0.4) is 0 Å². The minimum atomic E-state index is -0.117. The molecule has 0 aliphatic carbocycles. The van der Waals surface area contributed by atoms with Gasteiger partial charge in [-0.1, -0.05) is 6.92 Å². The van der Waals surface area contributed by atoms with E-state index in [2.05, 4.69) is 20.5 Å². The predicted octanol–water partition coefficient (Wildman–Crippen LogP) is 0.885. The number of pyridine rings is 1. The third kappa shape index (κ3) is 2.84. The van der Waals surface area contributed by atoms with Crippen molar-refractivity contribution in [2.45, 2.75) is 20.3 Å². The van der Waals surface area contributed by atoms with Gasteiger partial charge in [-0.05, 0) is 13.5 Å². The second-order valence-corrected chi connectivity index (χ2v) is 4.00. The first-order chi connectivity index (χ1) is 8.70. The Balaban J connectivity index is 2.16. The Labute approximate surface area is 104 Å². The summed E-state index contributed by atoms with van der Waals surface area (Å²) in [5, 5.41) is 11.0. The number of hydrogen-bond donors (Lipinski definition) is 2. The second-order valence-electron chi connectivity index (χ2n) is 4.00. The van der Waals surface area contributed by atoms with Gasteiger partial charge < -0.3 is 14.7 Å². The van der Waals surface area contributed by atoms with Crippen molar-refractivity contribution in [3.63, 3.8) is 0 Å². The van der Waals surface area contributed by atoms with Crippen LogP contribution in [0.15, 0.2) is 21.5 Å². The Bertz CT molecular complexity index is 573. The lowest BCUT2D eigenvalue weighted by atomic mass is 10.2. The van der Waals surface area contributed by atoms with E-state index in [1.807, 2.05) is 13.8 Å². The molecule has 0 unspecified atom stereocenters. The van der Waals surface area contributed by atoms with Crippen LogP contribution in [0.1, 0.15) is 18.5 Å². The van der Waals surface area contributed by atoms with E-state index < -0.39 is 0 Å². The van der Waals surface area contributed by atoms with Crippen molar-refractivity contribution in [1.82, 2.24) is 20.5 Å². The lowest BCUT2D eigenvalue weighted by Crippen LogP contribution is -2.16. The highest BCUT2D eigenvalue weighted by molar-refractivity contribution is 5.50. The van der Waals surface area contributed by atoms with Crippen molar-refractivity contribution in [1.29, 1.82) is 0 Å². The Morgan fingerprint density at radius 1 is 1.44 bits per heavy atom. The smallest absolute Gasteiger partial charge is 0.253 e. The highest BCUT2D eigenvalue weighted by atomic mass is 16.4. The maximum Gasteiger partial charge on any atom is 0.253 e. The summed E-state index contributed by atoms with van der Waals surface area (Å²) < 4.78 is 5.45. The molecule has 0 aliphatic rings. The summed E-state index contributed by atoms with van der Waals surface area (Å²) in [6.45, 7) is 5.53. The number of likely N-dealkylation sites (N-methyl/N-ethyl adjacent to an activating group) is 1. The quantitative estimate of drug-likeness (QED) is 0.767. The lowest BCUT2D eigenvalue weighted by molar-refractivity contribution is 0.496. The average molecular weight is 248 g/mol. The third-order valence-corrected chi connectivity index (χ3v) is 2.52. The standard InChI is InChI=1S/C12H16N4O2/c1-3-13-5-4-11-15-16-12(18-11)9-7-14-8(2)6-10(9)17/h6-7,13H,3-5H2,1-2H3,(H,14,17). The minimum Gasteiger partial charge on any atom is -0.420 e. The fraction of sp³-hybridized carbons (Fsp3) is 0.417. The van der Waals surface area contributed by atoms with Gasteiger partial charge in [-0.25, -0.2) is 0 Å². The molecule has 2 aromatic rings. The van der Waals surface area contributed by atoms with E-state index in [9.17, 15) is 4.79 Å². The van der Waals surface area contributed by atoms with E-state index in [0.717, 1.165) is 18.8 Å². The average Bonchev–Trinajstić information content (AvgIpc) is 2.78. The summed E-state index contributed by atoms with van der Waals surface area (Å²) in [6.07, 6.45) is 2.25. The van der Waals surface area contributed by atoms with Crippen LogP contribution >= 0.6 is 0 Å². The number of rotatable bonds is 5. The molecule has 6 heteroatoms. The van der Waals surface area contributed by atoms with Crippen LogP contribution < -0.4 is 10.7 Å². The number of nitrogens with one attached hydrogen (secondary N) is 2. The molecule has 2 aromatic heterocycles. The summed E-state index contributed by atoms with van der Waals surface area (Å²) >= 11 is 0. The van der Waals surface area contributed by atoms with Crippen LogP contribution in [0.4, 0.5) is 0 Å². The molecule has 96 valence electrons. The summed E-state index contributed by atoms with van der Waals surface area (Å²) in [4.78, 5) is 14.7. The van der Waals surface area contributed by atoms with Gasteiger partial charge in [-0.3, -0.25) is 4.79 Å². The van der Waals surface area contributed by atoms with Crippen LogP contribution in [0.5, 0.6) is 0 Å². The number of aromatic amines is 1. The molecule has 0 fully saturated rings. The van der Waals surface area contributed by atoms with E-state index in [-0.39, 0.29) is 11.3 Å².